The summed E-state index contributed by atoms with van der Waals surface area (Å²) in [6, 6.07) is 6.28. The minimum atomic E-state index is -1.77. The van der Waals surface area contributed by atoms with Crippen LogP contribution in [0.25, 0.3) is 0 Å². The summed E-state index contributed by atoms with van der Waals surface area (Å²) in [4.78, 5) is 15.7. The molecule has 4 N–H and O–H groups in total. The van der Waals surface area contributed by atoms with Gasteiger partial charge in [-0.05, 0) is 62.4 Å². The number of fused-ring (bicyclic) bond motifs is 2. The van der Waals surface area contributed by atoms with E-state index in [-0.39, 0.29) is 30.6 Å². The molecule has 1 aromatic rings. The number of esters is 1. The number of aliphatic hydroxyl groups excluding tert-OH is 1. The smallest absolute Gasteiger partial charge is 0.338 e. The monoisotopic (exact) mass is 573 g/mol. The molecule has 6 fully saturated rings. The van der Waals surface area contributed by atoms with Crippen LogP contribution in [0.3, 0.4) is 0 Å². The summed E-state index contributed by atoms with van der Waals surface area (Å²) in [5.41, 5.74) is -5.58. The average molecular weight is 574 g/mol. The number of rotatable bonds is 7. The molecular formula is C31H43NO9. The number of hydrogen-bond acceptors (Lipinski definition) is 10. The first kappa shape index (κ1) is 28.0. The highest BCUT2D eigenvalue weighted by atomic mass is 16.6. The maximum Gasteiger partial charge on any atom is 0.338 e. The van der Waals surface area contributed by atoms with Gasteiger partial charge in [-0.2, -0.15) is 0 Å². The Labute approximate surface area is 240 Å². The molecule has 7 bridgehead atoms. The van der Waals surface area contributed by atoms with Gasteiger partial charge in [-0.25, -0.2) is 4.79 Å². The number of piperidine rings is 1. The fourth-order valence-electron chi connectivity index (χ4n) is 11.4. The highest BCUT2D eigenvalue weighted by Crippen LogP contribution is 2.80. The molecule has 1 spiro atoms. The van der Waals surface area contributed by atoms with Crippen molar-refractivity contribution in [3.63, 3.8) is 0 Å². The van der Waals surface area contributed by atoms with E-state index in [2.05, 4.69) is 11.8 Å². The summed E-state index contributed by atoms with van der Waals surface area (Å²) in [5, 5.41) is 49.8. The van der Waals surface area contributed by atoms with Crippen LogP contribution in [-0.4, -0.2) is 113 Å². The van der Waals surface area contributed by atoms with E-state index >= 15 is 0 Å². The fraction of sp³-hybridized carbons (Fsp3) is 0.774. The number of hydrogen-bond donors (Lipinski definition) is 4. The second kappa shape index (κ2) is 8.87. The number of ether oxygens (including phenoxy) is 4. The number of methoxy groups -OCH3 is 3. The molecule has 10 heteroatoms. The van der Waals surface area contributed by atoms with Gasteiger partial charge in [0.15, 0.2) is 0 Å². The lowest BCUT2D eigenvalue weighted by atomic mass is 9.41. The Morgan fingerprint density at radius 3 is 2.37 bits per heavy atom. The molecule has 12 atom stereocenters. The molecule has 226 valence electrons. The van der Waals surface area contributed by atoms with Gasteiger partial charge in [0, 0.05) is 55.9 Å². The van der Waals surface area contributed by atoms with Gasteiger partial charge in [-0.3, -0.25) is 4.90 Å². The molecule has 1 aliphatic heterocycles. The molecule has 0 aromatic heterocycles. The Balaban J connectivity index is 1.34. The van der Waals surface area contributed by atoms with Crippen molar-refractivity contribution >= 4 is 5.97 Å². The lowest BCUT2D eigenvalue weighted by Crippen LogP contribution is -2.81. The first-order valence-electron chi connectivity index (χ1n) is 15.0. The van der Waals surface area contributed by atoms with E-state index in [1.165, 1.54) is 0 Å². The van der Waals surface area contributed by atoms with E-state index < -0.39 is 63.6 Å². The molecular weight excluding hydrogens is 530 g/mol. The van der Waals surface area contributed by atoms with Crippen LogP contribution >= 0.6 is 0 Å². The van der Waals surface area contributed by atoms with Crippen molar-refractivity contribution in [3.05, 3.63) is 29.8 Å². The second-order valence-electron chi connectivity index (χ2n) is 13.7. The Kier molecular flexibility index (Phi) is 6.06. The van der Waals surface area contributed by atoms with E-state index in [4.69, 9.17) is 18.9 Å². The molecule has 6 aliphatic rings. The van der Waals surface area contributed by atoms with Crippen LogP contribution in [0.5, 0.6) is 5.75 Å². The van der Waals surface area contributed by atoms with Crippen LogP contribution in [0.2, 0.25) is 0 Å². The first-order chi connectivity index (χ1) is 19.5. The van der Waals surface area contributed by atoms with Crippen LogP contribution in [0.15, 0.2) is 24.3 Å². The molecule has 1 aromatic carbocycles. The van der Waals surface area contributed by atoms with Crippen molar-refractivity contribution in [1.82, 2.24) is 4.90 Å². The summed E-state index contributed by atoms with van der Waals surface area (Å²) < 4.78 is 23.2. The van der Waals surface area contributed by atoms with E-state index in [1.54, 1.807) is 45.6 Å². The van der Waals surface area contributed by atoms with Crippen molar-refractivity contribution in [2.45, 2.75) is 80.2 Å². The molecule has 41 heavy (non-hydrogen) atoms. The third kappa shape index (κ3) is 3.05. The second-order valence-corrected chi connectivity index (χ2v) is 13.7. The van der Waals surface area contributed by atoms with Gasteiger partial charge in [0.05, 0.1) is 42.7 Å². The number of likely N-dealkylation sites (tertiary alicyclic amines) is 1. The van der Waals surface area contributed by atoms with Crippen molar-refractivity contribution in [3.8, 4) is 5.75 Å². The van der Waals surface area contributed by atoms with Crippen molar-refractivity contribution in [1.29, 1.82) is 0 Å². The first-order valence-corrected chi connectivity index (χ1v) is 15.0. The SMILES string of the molecule is CCN1CC2(COC)CCC(OC)C34C5CC6(O)C(OC(=O)c7ccc(OC)cc7)CC(O)(C(CC23O)C14)C5C6O. The molecule has 5 aliphatic carbocycles. The fourth-order valence-corrected chi connectivity index (χ4v) is 11.4. The lowest BCUT2D eigenvalue weighted by molar-refractivity contribution is -0.325. The molecule has 12 unspecified atom stereocenters. The van der Waals surface area contributed by atoms with Gasteiger partial charge in [0.2, 0.25) is 0 Å². The van der Waals surface area contributed by atoms with Gasteiger partial charge in [0.25, 0.3) is 0 Å². The Morgan fingerprint density at radius 2 is 1.73 bits per heavy atom. The number of aliphatic hydroxyl groups is 4. The van der Waals surface area contributed by atoms with Gasteiger partial charge < -0.3 is 39.4 Å². The van der Waals surface area contributed by atoms with Crippen LogP contribution < -0.4 is 4.74 Å². The standard InChI is InChI=1S/C31H43NO9/c1-5-32-15-27(16-38-2)11-10-21(40-4)31-19-12-29(36)22(41-26(34)17-6-8-18(39-3)9-7-17)14-28(35,23(19)25(29)33)20(24(31)32)13-30(27,31)37/h6-9,19-25,33,35-37H,5,10-16H2,1-4H3. The highest BCUT2D eigenvalue weighted by Gasteiger charge is 2.90. The third-order valence-corrected chi connectivity index (χ3v) is 12.7. The predicted molar refractivity (Wildman–Crippen MR) is 145 cm³/mol. The molecule has 1 saturated heterocycles. The summed E-state index contributed by atoms with van der Waals surface area (Å²) in [6.07, 6.45) is -0.914. The van der Waals surface area contributed by atoms with E-state index in [0.29, 0.717) is 25.3 Å². The minimum absolute atomic E-state index is 0.0105. The predicted octanol–water partition coefficient (Wildman–Crippen LogP) is 0.980. The summed E-state index contributed by atoms with van der Waals surface area (Å²) in [5.74, 6) is -1.60. The number of carbonyl (C=O) groups excluding carboxylic acids is 1. The average Bonchev–Trinajstić information content (AvgIpc) is 3.31. The summed E-state index contributed by atoms with van der Waals surface area (Å²) in [7, 11) is 4.89. The minimum Gasteiger partial charge on any atom is -0.497 e. The van der Waals surface area contributed by atoms with Crippen LogP contribution in [0, 0.1) is 28.6 Å². The van der Waals surface area contributed by atoms with Crippen LogP contribution in [-0.2, 0) is 14.2 Å². The summed E-state index contributed by atoms with van der Waals surface area (Å²) >= 11 is 0. The van der Waals surface area contributed by atoms with E-state index in [1.807, 2.05) is 0 Å². The van der Waals surface area contributed by atoms with E-state index in [9.17, 15) is 25.2 Å². The van der Waals surface area contributed by atoms with Crippen molar-refractivity contribution in [2.75, 3.05) is 41.0 Å². The summed E-state index contributed by atoms with van der Waals surface area (Å²) in [6.45, 7) is 3.84. The normalized spacial score (nSPS) is 51.0. The Bertz CT molecular complexity index is 1230. The number of carbonyl (C=O) groups is 1. The van der Waals surface area contributed by atoms with Crippen molar-refractivity contribution < 1.29 is 44.2 Å². The van der Waals surface area contributed by atoms with E-state index in [0.717, 1.165) is 19.4 Å². The topological polar surface area (TPSA) is 138 Å². The number of benzene rings is 1. The maximum atomic E-state index is 13.3. The molecule has 0 amide bonds. The van der Waals surface area contributed by atoms with Gasteiger partial charge in [-0.15, -0.1) is 0 Å². The van der Waals surface area contributed by atoms with Crippen LogP contribution in [0.4, 0.5) is 0 Å². The highest BCUT2D eigenvalue weighted by molar-refractivity contribution is 5.89. The third-order valence-electron chi connectivity index (χ3n) is 12.7. The van der Waals surface area contributed by atoms with Gasteiger partial charge in [-0.1, -0.05) is 6.92 Å². The molecule has 0 radical (unpaired) electrons. The quantitative estimate of drug-likeness (QED) is 0.349. The molecule has 10 nitrogen and oxygen atoms in total. The zero-order valence-corrected chi connectivity index (χ0v) is 24.3. The maximum absolute atomic E-state index is 13.3. The molecule has 7 rings (SSSR count). The molecule has 5 saturated carbocycles. The Morgan fingerprint density at radius 1 is 1.00 bits per heavy atom. The van der Waals surface area contributed by atoms with Gasteiger partial charge in [0.1, 0.15) is 17.5 Å². The zero-order chi connectivity index (χ0) is 29.2. The zero-order valence-electron chi connectivity index (χ0n) is 24.3. The largest absolute Gasteiger partial charge is 0.497 e. The Hall–Kier alpha value is -1.79. The number of nitrogens with zero attached hydrogens (tertiary/aromatic N) is 1. The lowest BCUT2D eigenvalue weighted by Gasteiger charge is -2.71. The van der Waals surface area contributed by atoms with Crippen molar-refractivity contribution in [2.24, 2.45) is 28.6 Å². The van der Waals surface area contributed by atoms with Gasteiger partial charge >= 0.3 is 5.97 Å². The molecule has 1 heterocycles. The van der Waals surface area contributed by atoms with Crippen LogP contribution in [0.1, 0.15) is 49.4 Å².